The van der Waals surface area contributed by atoms with Crippen molar-refractivity contribution in [2.24, 2.45) is 4.99 Å². The Morgan fingerprint density at radius 1 is 1.00 bits per heavy atom. The number of piperazine rings is 2. The Balaban J connectivity index is 1.39. The molecule has 0 aromatic heterocycles. The number of nitrogens with zero attached hydrogens (tertiary/aromatic N) is 5. The molecule has 1 N–H and O–H groups in total. The number of amides is 1. The summed E-state index contributed by atoms with van der Waals surface area (Å²) >= 11 is 0. The summed E-state index contributed by atoms with van der Waals surface area (Å²) in [4.78, 5) is 24.7. The average molecular weight is 391 g/mol. The van der Waals surface area contributed by atoms with Gasteiger partial charge >= 0.3 is 0 Å². The van der Waals surface area contributed by atoms with Crippen molar-refractivity contribution < 1.29 is 9.18 Å². The van der Waals surface area contributed by atoms with E-state index in [1.165, 1.54) is 12.1 Å². The molecule has 2 saturated heterocycles. The van der Waals surface area contributed by atoms with Crippen LogP contribution in [0.5, 0.6) is 0 Å². The highest BCUT2D eigenvalue weighted by molar-refractivity contribution is 5.80. The number of anilines is 1. The number of guanidine groups is 1. The number of rotatable bonds is 4. The second-order valence-electron chi connectivity index (χ2n) is 7.27. The molecule has 2 aliphatic heterocycles. The zero-order chi connectivity index (χ0) is 19.9. The van der Waals surface area contributed by atoms with Gasteiger partial charge in [-0.2, -0.15) is 0 Å². The van der Waals surface area contributed by atoms with E-state index in [1.54, 1.807) is 6.92 Å². The normalized spacial score (nSPS) is 19.1. The summed E-state index contributed by atoms with van der Waals surface area (Å²) in [6, 6.07) is 6.70. The minimum absolute atomic E-state index is 0.165. The molecule has 0 spiro atoms. The van der Waals surface area contributed by atoms with Gasteiger partial charge in [0.05, 0.1) is 0 Å². The van der Waals surface area contributed by atoms with E-state index in [9.17, 15) is 9.18 Å². The Bertz CT molecular complexity index is 664. The van der Waals surface area contributed by atoms with Gasteiger partial charge in [-0.3, -0.25) is 14.7 Å². The quantitative estimate of drug-likeness (QED) is 0.606. The van der Waals surface area contributed by atoms with Crippen LogP contribution in [0.25, 0.3) is 0 Å². The molecule has 8 heteroatoms. The van der Waals surface area contributed by atoms with Gasteiger partial charge in [-0.1, -0.05) is 0 Å². The number of halogens is 1. The van der Waals surface area contributed by atoms with E-state index in [4.69, 9.17) is 0 Å². The first-order chi connectivity index (χ1) is 13.6. The number of nitrogens with one attached hydrogen (secondary N) is 1. The van der Waals surface area contributed by atoms with Crippen molar-refractivity contribution in [2.75, 3.05) is 77.4 Å². The van der Waals surface area contributed by atoms with Crippen LogP contribution < -0.4 is 10.2 Å². The lowest BCUT2D eigenvalue weighted by Gasteiger charge is -2.38. The highest BCUT2D eigenvalue weighted by Gasteiger charge is 2.21. The van der Waals surface area contributed by atoms with Gasteiger partial charge in [-0.05, 0) is 24.3 Å². The second-order valence-corrected chi connectivity index (χ2v) is 7.27. The first-order valence-electron chi connectivity index (χ1n) is 10.0. The maximum absolute atomic E-state index is 13.1. The molecule has 154 valence electrons. The van der Waals surface area contributed by atoms with Crippen LogP contribution in [0.4, 0.5) is 10.1 Å². The molecule has 1 amide bonds. The third-order valence-electron chi connectivity index (χ3n) is 5.51. The Hall–Kier alpha value is -2.35. The monoisotopic (exact) mass is 390 g/mol. The van der Waals surface area contributed by atoms with Crippen LogP contribution in [-0.4, -0.2) is 99.1 Å². The van der Waals surface area contributed by atoms with Crippen molar-refractivity contribution in [3.05, 3.63) is 30.1 Å². The lowest BCUT2D eigenvalue weighted by atomic mass is 10.2. The zero-order valence-corrected chi connectivity index (χ0v) is 16.9. The van der Waals surface area contributed by atoms with Crippen molar-refractivity contribution >= 4 is 17.6 Å². The van der Waals surface area contributed by atoms with Crippen molar-refractivity contribution in [1.82, 2.24) is 20.0 Å². The molecule has 0 bridgehead atoms. The number of aliphatic imine (C=N–C) groups is 1. The molecule has 2 fully saturated rings. The maximum Gasteiger partial charge on any atom is 0.219 e. The first kappa shape index (κ1) is 20.4. The van der Waals surface area contributed by atoms with E-state index in [1.807, 2.05) is 24.1 Å². The van der Waals surface area contributed by atoms with Gasteiger partial charge in [0.2, 0.25) is 5.91 Å². The van der Waals surface area contributed by atoms with Crippen LogP contribution in [0.15, 0.2) is 29.3 Å². The molecule has 0 unspecified atom stereocenters. The molecule has 1 aromatic rings. The Labute approximate surface area is 166 Å². The van der Waals surface area contributed by atoms with Crippen LogP contribution >= 0.6 is 0 Å². The summed E-state index contributed by atoms with van der Waals surface area (Å²) < 4.78 is 13.1. The molecule has 0 aliphatic carbocycles. The van der Waals surface area contributed by atoms with Crippen LogP contribution in [0.1, 0.15) is 6.92 Å². The van der Waals surface area contributed by atoms with E-state index < -0.39 is 0 Å². The van der Waals surface area contributed by atoms with Crippen LogP contribution in [0.2, 0.25) is 0 Å². The number of hydrogen-bond donors (Lipinski definition) is 1. The smallest absolute Gasteiger partial charge is 0.219 e. The molecule has 7 nitrogen and oxygen atoms in total. The second kappa shape index (κ2) is 9.73. The predicted molar refractivity (Wildman–Crippen MR) is 110 cm³/mol. The summed E-state index contributed by atoms with van der Waals surface area (Å²) in [5.41, 5.74) is 1.06. The Kier molecular flexibility index (Phi) is 7.08. The van der Waals surface area contributed by atoms with Gasteiger partial charge in [0.25, 0.3) is 0 Å². The SMILES string of the molecule is CN=C(NCCN1CCN(C(C)=O)CC1)N1CCN(c2ccc(F)cc2)CC1. The first-order valence-corrected chi connectivity index (χ1v) is 10.0. The Morgan fingerprint density at radius 2 is 1.61 bits per heavy atom. The molecular formula is C20H31FN6O. The van der Waals surface area contributed by atoms with E-state index >= 15 is 0 Å². The summed E-state index contributed by atoms with van der Waals surface area (Å²) in [7, 11) is 1.82. The molecule has 2 heterocycles. The fourth-order valence-corrected chi connectivity index (χ4v) is 3.77. The van der Waals surface area contributed by atoms with Crippen molar-refractivity contribution in [3.63, 3.8) is 0 Å². The molecule has 0 saturated carbocycles. The fourth-order valence-electron chi connectivity index (χ4n) is 3.77. The van der Waals surface area contributed by atoms with Gasteiger partial charge in [0, 0.05) is 85.1 Å². The molecule has 1 aromatic carbocycles. The minimum atomic E-state index is -0.199. The van der Waals surface area contributed by atoms with E-state index in [2.05, 4.69) is 25.0 Å². The van der Waals surface area contributed by atoms with Crippen LogP contribution in [-0.2, 0) is 4.79 Å². The predicted octanol–water partition coefficient (Wildman–Crippen LogP) is 0.687. The van der Waals surface area contributed by atoms with E-state index in [-0.39, 0.29) is 11.7 Å². The zero-order valence-electron chi connectivity index (χ0n) is 16.9. The number of hydrogen-bond acceptors (Lipinski definition) is 4. The molecule has 2 aliphatic rings. The van der Waals surface area contributed by atoms with Gasteiger partial charge < -0.3 is 20.0 Å². The van der Waals surface area contributed by atoms with Crippen LogP contribution in [0, 0.1) is 5.82 Å². The maximum atomic E-state index is 13.1. The van der Waals surface area contributed by atoms with E-state index in [0.717, 1.165) is 77.1 Å². The fraction of sp³-hybridized carbons (Fsp3) is 0.600. The highest BCUT2D eigenvalue weighted by Crippen LogP contribution is 2.16. The standard InChI is InChI=1S/C20H31FN6O/c1-17(28)25-11-9-24(10-12-25)8-7-23-20(22-2)27-15-13-26(14-16-27)19-5-3-18(21)4-6-19/h3-6H,7-16H2,1-2H3,(H,22,23). The van der Waals surface area contributed by atoms with E-state index in [0.29, 0.717) is 0 Å². The molecule has 28 heavy (non-hydrogen) atoms. The average Bonchev–Trinajstić information content (AvgIpc) is 2.72. The number of carbonyl (C=O) groups excluding carboxylic acids is 1. The summed E-state index contributed by atoms with van der Waals surface area (Å²) in [5, 5.41) is 3.47. The third kappa shape index (κ3) is 5.34. The number of benzene rings is 1. The topological polar surface area (TPSA) is 54.4 Å². The van der Waals surface area contributed by atoms with Crippen molar-refractivity contribution in [1.29, 1.82) is 0 Å². The van der Waals surface area contributed by atoms with Gasteiger partial charge in [-0.15, -0.1) is 0 Å². The molecular weight excluding hydrogens is 359 g/mol. The summed E-state index contributed by atoms with van der Waals surface area (Å²) in [6.45, 7) is 10.4. The van der Waals surface area contributed by atoms with Gasteiger partial charge in [0.1, 0.15) is 5.82 Å². The number of carbonyl (C=O) groups is 1. The highest BCUT2D eigenvalue weighted by atomic mass is 19.1. The van der Waals surface area contributed by atoms with Gasteiger partial charge in [-0.25, -0.2) is 4.39 Å². The van der Waals surface area contributed by atoms with Crippen molar-refractivity contribution in [3.8, 4) is 0 Å². The van der Waals surface area contributed by atoms with Crippen molar-refractivity contribution in [2.45, 2.75) is 6.92 Å². The summed E-state index contributed by atoms with van der Waals surface area (Å²) in [6.07, 6.45) is 0. The minimum Gasteiger partial charge on any atom is -0.368 e. The molecule has 3 rings (SSSR count). The lowest BCUT2D eigenvalue weighted by Crippen LogP contribution is -2.54. The summed E-state index contributed by atoms with van der Waals surface area (Å²) in [5.74, 6) is 0.897. The largest absolute Gasteiger partial charge is 0.368 e. The molecule has 0 atom stereocenters. The Morgan fingerprint density at radius 3 is 2.18 bits per heavy atom. The lowest BCUT2D eigenvalue weighted by molar-refractivity contribution is -0.130. The molecule has 0 radical (unpaired) electrons. The third-order valence-corrected chi connectivity index (χ3v) is 5.51. The van der Waals surface area contributed by atoms with Crippen LogP contribution in [0.3, 0.4) is 0 Å². The van der Waals surface area contributed by atoms with Gasteiger partial charge in [0.15, 0.2) is 5.96 Å².